The van der Waals surface area contributed by atoms with Gasteiger partial charge in [-0.2, -0.15) is 0 Å². The first kappa shape index (κ1) is 20.1. The molecule has 2 aromatic carbocycles. The molecule has 0 fully saturated rings. The van der Waals surface area contributed by atoms with Crippen molar-refractivity contribution in [1.29, 1.82) is 0 Å². The minimum atomic E-state index is -0.440. The van der Waals surface area contributed by atoms with E-state index >= 15 is 0 Å². The summed E-state index contributed by atoms with van der Waals surface area (Å²) in [4.78, 5) is 26.0. The van der Waals surface area contributed by atoms with Crippen LogP contribution in [0.1, 0.15) is 11.1 Å². The molecule has 1 heterocycles. The zero-order valence-electron chi connectivity index (χ0n) is 15.6. The van der Waals surface area contributed by atoms with E-state index in [0.29, 0.717) is 23.4 Å². The van der Waals surface area contributed by atoms with Crippen molar-refractivity contribution >= 4 is 29.0 Å². The number of fused-ring (bicyclic) bond motifs is 1. The molecular formula is C19H21N3O5S. The predicted molar refractivity (Wildman–Crippen MR) is 107 cm³/mol. The third kappa shape index (κ3) is 4.80. The molecule has 9 heteroatoms. The summed E-state index contributed by atoms with van der Waals surface area (Å²) in [6, 6.07) is 10.5. The smallest absolute Gasteiger partial charge is 0.270 e. The summed E-state index contributed by atoms with van der Waals surface area (Å²) in [6.07, 6.45) is 1.95. The van der Waals surface area contributed by atoms with E-state index in [0.717, 1.165) is 10.6 Å². The van der Waals surface area contributed by atoms with Crippen LogP contribution < -0.4 is 10.1 Å². The van der Waals surface area contributed by atoms with E-state index in [1.54, 1.807) is 23.7 Å². The van der Waals surface area contributed by atoms with Crippen LogP contribution in [0.25, 0.3) is 0 Å². The Labute approximate surface area is 167 Å². The topological polar surface area (TPSA) is 93.9 Å². The number of hydrogen-bond donors (Lipinski definition) is 1. The fourth-order valence-corrected chi connectivity index (χ4v) is 3.59. The van der Waals surface area contributed by atoms with Gasteiger partial charge < -0.3 is 14.8 Å². The largest absolute Gasteiger partial charge is 0.467 e. The van der Waals surface area contributed by atoms with E-state index in [-0.39, 0.29) is 31.5 Å². The number of non-ortho nitro benzene ring substituents is 1. The lowest BCUT2D eigenvalue weighted by atomic mass is 10.1. The maximum absolute atomic E-state index is 12.4. The summed E-state index contributed by atoms with van der Waals surface area (Å²) < 4.78 is 10.8. The number of nitro benzene ring substituents is 1. The minimum absolute atomic E-state index is 0.0189. The molecule has 0 saturated carbocycles. The first-order valence-electron chi connectivity index (χ1n) is 8.60. The third-order valence-corrected chi connectivity index (χ3v) is 5.01. The number of amides is 1. The molecule has 2 aromatic rings. The van der Waals surface area contributed by atoms with Crippen LogP contribution in [0.5, 0.6) is 5.75 Å². The summed E-state index contributed by atoms with van der Waals surface area (Å²) in [7, 11) is 1.78. The normalized spacial score (nSPS) is 13.0. The van der Waals surface area contributed by atoms with Gasteiger partial charge in [-0.25, -0.2) is 0 Å². The number of carbonyl (C=O) groups is 1. The number of benzene rings is 2. The first-order chi connectivity index (χ1) is 13.5. The number of carbonyl (C=O) groups excluding carboxylic acids is 1. The quantitative estimate of drug-likeness (QED) is 0.431. The molecule has 0 radical (unpaired) electrons. The Morgan fingerprint density at radius 1 is 1.36 bits per heavy atom. The third-order valence-electron chi connectivity index (χ3n) is 4.22. The number of nitrogens with zero attached hydrogens (tertiary/aromatic N) is 2. The average molecular weight is 403 g/mol. The lowest BCUT2D eigenvalue weighted by molar-refractivity contribution is -0.385. The van der Waals surface area contributed by atoms with Crippen molar-refractivity contribution in [2.75, 3.05) is 32.0 Å². The van der Waals surface area contributed by atoms with Gasteiger partial charge in [0.2, 0.25) is 5.91 Å². The van der Waals surface area contributed by atoms with E-state index in [2.05, 4.69) is 5.32 Å². The van der Waals surface area contributed by atoms with Gasteiger partial charge in [0.1, 0.15) is 5.75 Å². The van der Waals surface area contributed by atoms with Crippen LogP contribution in [0, 0.1) is 10.1 Å². The number of hydrogen-bond acceptors (Lipinski definition) is 7. The summed E-state index contributed by atoms with van der Waals surface area (Å²) >= 11 is 1.56. The number of anilines is 1. The van der Waals surface area contributed by atoms with Crippen molar-refractivity contribution in [3.63, 3.8) is 0 Å². The van der Waals surface area contributed by atoms with Crippen LogP contribution in [-0.4, -0.2) is 42.4 Å². The molecule has 0 saturated heterocycles. The number of ether oxygens (including phenoxy) is 2. The SMILES string of the molecule is CSc1ccccc1NC(=O)CN(C)Cc1cc([N+](=O)[O-])cc2c1OCOC2. The monoisotopic (exact) mass is 403 g/mol. The second kappa shape index (κ2) is 9.05. The van der Waals surface area contributed by atoms with Gasteiger partial charge in [0.15, 0.2) is 6.79 Å². The summed E-state index contributed by atoms with van der Waals surface area (Å²) in [5, 5.41) is 14.1. The maximum Gasteiger partial charge on any atom is 0.270 e. The summed E-state index contributed by atoms with van der Waals surface area (Å²) in [6.45, 7) is 0.839. The second-order valence-corrected chi connectivity index (χ2v) is 7.23. The number of nitro groups is 1. The highest BCUT2D eigenvalue weighted by Crippen LogP contribution is 2.33. The molecule has 1 N–H and O–H groups in total. The number of nitrogens with one attached hydrogen (secondary N) is 1. The van der Waals surface area contributed by atoms with Crippen LogP contribution >= 0.6 is 11.8 Å². The zero-order chi connectivity index (χ0) is 20.1. The Hall–Kier alpha value is -2.62. The van der Waals surface area contributed by atoms with Crippen molar-refractivity contribution in [2.24, 2.45) is 0 Å². The maximum atomic E-state index is 12.4. The van der Waals surface area contributed by atoms with E-state index < -0.39 is 4.92 Å². The fourth-order valence-electron chi connectivity index (χ4n) is 3.03. The van der Waals surface area contributed by atoms with Gasteiger partial charge in [-0.1, -0.05) is 12.1 Å². The lowest BCUT2D eigenvalue weighted by Crippen LogP contribution is -2.30. The van der Waals surface area contributed by atoms with Crippen LogP contribution in [-0.2, 0) is 22.7 Å². The first-order valence-corrected chi connectivity index (χ1v) is 9.82. The van der Waals surface area contributed by atoms with Gasteiger partial charge >= 0.3 is 0 Å². The molecule has 1 amide bonds. The van der Waals surface area contributed by atoms with E-state index in [1.807, 2.05) is 30.5 Å². The van der Waals surface area contributed by atoms with Crippen molar-refractivity contribution in [3.8, 4) is 5.75 Å². The summed E-state index contributed by atoms with van der Waals surface area (Å²) in [5.41, 5.74) is 2.05. The molecule has 148 valence electrons. The molecule has 0 atom stereocenters. The average Bonchev–Trinajstić information content (AvgIpc) is 2.68. The van der Waals surface area contributed by atoms with Crippen molar-refractivity contribution in [1.82, 2.24) is 4.90 Å². The van der Waals surface area contributed by atoms with Crippen LogP contribution in [0.2, 0.25) is 0 Å². The van der Waals surface area contributed by atoms with Gasteiger partial charge in [0, 0.05) is 34.7 Å². The van der Waals surface area contributed by atoms with Crippen LogP contribution in [0.15, 0.2) is 41.3 Å². The fraction of sp³-hybridized carbons (Fsp3) is 0.316. The molecule has 0 spiro atoms. The number of likely N-dealkylation sites (N-methyl/N-ethyl adjacent to an activating group) is 1. The molecule has 0 bridgehead atoms. The highest BCUT2D eigenvalue weighted by molar-refractivity contribution is 7.98. The Bertz CT molecular complexity index is 890. The number of para-hydroxylation sites is 1. The molecule has 1 aliphatic heterocycles. The molecular weight excluding hydrogens is 382 g/mol. The summed E-state index contributed by atoms with van der Waals surface area (Å²) in [5.74, 6) is 0.435. The molecule has 8 nitrogen and oxygen atoms in total. The van der Waals surface area contributed by atoms with Gasteiger partial charge in [0.25, 0.3) is 5.69 Å². The molecule has 28 heavy (non-hydrogen) atoms. The van der Waals surface area contributed by atoms with Crippen LogP contribution in [0.4, 0.5) is 11.4 Å². The minimum Gasteiger partial charge on any atom is -0.467 e. The molecule has 0 aromatic heterocycles. The van der Waals surface area contributed by atoms with Crippen molar-refractivity contribution in [3.05, 3.63) is 57.6 Å². The predicted octanol–water partition coefficient (Wildman–Crippen LogP) is 3.25. The highest BCUT2D eigenvalue weighted by atomic mass is 32.2. The molecule has 0 unspecified atom stereocenters. The molecule has 0 aliphatic carbocycles. The highest BCUT2D eigenvalue weighted by Gasteiger charge is 2.22. The Morgan fingerprint density at radius 3 is 2.89 bits per heavy atom. The van der Waals surface area contributed by atoms with Gasteiger partial charge in [0.05, 0.1) is 23.8 Å². The Balaban J connectivity index is 1.70. The van der Waals surface area contributed by atoms with Crippen LogP contribution in [0.3, 0.4) is 0 Å². The lowest BCUT2D eigenvalue weighted by Gasteiger charge is -2.23. The van der Waals surface area contributed by atoms with Gasteiger partial charge in [-0.15, -0.1) is 11.8 Å². The van der Waals surface area contributed by atoms with Crippen molar-refractivity contribution < 1.29 is 19.2 Å². The second-order valence-electron chi connectivity index (χ2n) is 6.38. The van der Waals surface area contributed by atoms with Gasteiger partial charge in [-0.3, -0.25) is 19.8 Å². The number of thioether (sulfide) groups is 1. The Morgan fingerprint density at radius 2 is 2.14 bits per heavy atom. The Kier molecular flexibility index (Phi) is 6.50. The van der Waals surface area contributed by atoms with E-state index in [1.165, 1.54) is 12.1 Å². The zero-order valence-corrected chi connectivity index (χ0v) is 16.5. The van der Waals surface area contributed by atoms with E-state index in [4.69, 9.17) is 9.47 Å². The molecule has 3 rings (SSSR count). The molecule has 1 aliphatic rings. The standard InChI is InChI=1S/C19H21N3O5S/c1-21(10-18(23)20-16-5-3-4-6-17(16)28-2)9-13-7-15(22(24)25)8-14-11-26-12-27-19(13)14/h3-8H,9-12H2,1-2H3,(H,20,23). The van der Waals surface area contributed by atoms with E-state index in [9.17, 15) is 14.9 Å². The van der Waals surface area contributed by atoms with Crippen molar-refractivity contribution in [2.45, 2.75) is 18.0 Å². The van der Waals surface area contributed by atoms with Gasteiger partial charge in [-0.05, 0) is 25.4 Å². The number of rotatable bonds is 7.